The highest BCUT2D eigenvalue weighted by Crippen LogP contribution is 2.29. The Morgan fingerprint density at radius 3 is 2.81 bits per heavy atom. The van der Waals surface area contributed by atoms with Gasteiger partial charge >= 0.3 is 0 Å². The molecule has 0 fully saturated rings. The standard InChI is InChI=1S/C14H18N4O2S/c1-9(2)15-7-6-13-16-17-14(21-13)12-8-11(18(19)20)5-4-10(12)3/h4-5,8-9,15H,6-7H2,1-3H3. The van der Waals surface area contributed by atoms with Crippen LogP contribution in [0.2, 0.25) is 0 Å². The Bertz CT molecular complexity index is 640. The topological polar surface area (TPSA) is 81.0 Å². The molecular formula is C14H18N4O2S. The van der Waals surface area contributed by atoms with Gasteiger partial charge in [-0.05, 0) is 12.5 Å². The fraction of sp³-hybridized carbons (Fsp3) is 0.429. The van der Waals surface area contributed by atoms with Crippen LogP contribution >= 0.6 is 11.3 Å². The number of nitrogens with zero attached hydrogens (tertiary/aromatic N) is 3. The maximum absolute atomic E-state index is 10.9. The molecule has 1 heterocycles. The molecule has 0 atom stereocenters. The molecule has 2 aromatic rings. The normalized spacial score (nSPS) is 11.0. The summed E-state index contributed by atoms with van der Waals surface area (Å²) in [5.41, 5.74) is 1.82. The molecule has 0 saturated heterocycles. The quantitative estimate of drug-likeness (QED) is 0.655. The van der Waals surface area contributed by atoms with Gasteiger partial charge < -0.3 is 5.32 Å². The number of nitrogens with one attached hydrogen (secondary N) is 1. The lowest BCUT2D eigenvalue weighted by Gasteiger charge is -2.05. The summed E-state index contributed by atoms with van der Waals surface area (Å²) in [6.45, 7) is 6.96. The molecule has 21 heavy (non-hydrogen) atoms. The maximum atomic E-state index is 10.9. The highest BCUT2D eigenvalue weighted by atomic mass is 32.1. The van der Waals surface area contributed by atoms with Crippen molar-refractivity contribution >= 4 is 17.0 Å². The lowest BCUT2D eigenvalue weighted by Crippen LogP contribution is -2.24. The number of rotatable bonds is 6. The van der Waals surface area contributed by atoms with Crippen LogP contribution in [0.4, 0.5) is 5.69 Å². The van der Waals surface area contributed by atoms with Crippen molar-refractivity contribution in [2.75, 3.05) is 6.54 Å². The summed E-state index contributed by atoms with van der Waals surface area (Å²) >= 11 is 1.49. The minimum Gasteiger partial charge on any atom is -0.314 e. The molecular weight excluding hydrogens is 288 g/mol. The number of nitro groups is 1. The van der Waals surface area contributed by atoms with Crippen LogP contribution < -0.4 is 5.32 Å². The summed E-state index contributed by atoms with van der Waals surface area (Å²) in [6, 6.07) is 5.25. The van der Waals surface area contributed by atoms with E-state index < -0.39 is 4.92 Å². The number of aromatic nitrogens is 2. The molecule has 0 aliphatic carbocycles. The first-order valence-electron chi connectivity index (χ1n) is 6.78. The van der Waals surface area contributed by atoms with Crippen LogP contribution in [0, 0.1) is 17.0 Å². The van der Waals surface area contributed by atoms with E-state index >= 15 is 0 Å². The zero-order valence-corrected chi connectivity index (χ0v) is 13.1. The zero-order valence-electron chi connectivity index (χ0n) is 12.3. The van der Waals surface area contributed by atoms with E-state index in [-0.39, 0.29) is 5.69 Å². The Labute approximate surface area is 127 Å². The Morgan fingerprint density at radius 1 is 1.38 bits per heavy atom. The van der Waals surface area contributed by atoms with E-state index in [1.165, 1.54) is 17.4 Å². The molecule has 0 saturated carbocycles. The average Bonchev–Trinajstić information content (AvgIpc) is 2.87. The summed E-state index contributed by atoms with van der Waals surface area (Å²) in [7, 11) is 0. The van der Waals surface area contributed by atoms with Gasteiger partial charge in [-0.3, -0.25) is 10.1 Å². The number of non-ortho nitro benzene ring substituents is 1. The minimum absolute atomic E-state index is 0.0776. The van der Waals surface area contributed by atoms with E-state index in [9.17, 15) is 10.1 Å². The molecule has 2 rings (SSSR count). The molecule has 0 radical (unpaired) electrons. The van der Waals surface area contributed by atoms with Crippen molar-refractivity contribution < 1.29 is 4.92 Å². The van der Waals surface area contributed by atoms with Gasteiger partial charge in [-0.2, -0.15) is 0 Å². The second-order valence-corrected chi connectivity index (χ2v) is 6.18. The molecule has 112 valence electrons. The third kappa shape index (κ3) is 4.05. The van der Waals surface area contributed by atoms with Crippen molar-refractivity contribution in [3.8, 4) is 10.6 Å². The summed E-state index contributed by atoms with van der Waals surface area (Å²) in [6.07, 6.45) is 0.809. The van der Waals surface area contributed by atoms with E-state index in [1.54, 1.807) is 12.1 Å². The largest absolute Gasteiger partial charge is 0.314 e. The molecule has 1 N–H and O–H groups in total. The van der Waals surface area contributed by atoms with Crippen LogP contribution in [-0.2, 0) is 6.42 Å². The van der Waals surface area contributed by atoms with Crippen LogP contribution in [0.25, 0.3) is 10.6 Å². The van der Waals surface area contributed by atoms with Gasteiger partial charge in [0.15, 0.2) is 0 Å². The van der Waals surface area contributed by atoms with Crippen molar-refractivity contribution in [2.45, 2.75) is 33.2 Å². The number of aryl methyl sites for hydroxylation is 1. The lowest BCUT2D eigenvalue weighted by molar-refractivity contribution is -0.384. The molecule has 6 nitrogen and oxygen atoms in total. The van der Waals surface area contributed by atoms with Gasteiger partial charge in [0.05, 0.1) is 4.92 Å². The monoisotopic (exact) mass is 306 g/mol. The summed E-state index contributed by atoms with van der Waals surface area (Å²) in [5, 5.41) is 24.2. The summed E-state index contributed by atoms with van der Waals surface area (Å²) < 4.78 is 0. The van der Waals surface area contributed by atoms with Gasteiger partial charge in [0.1, 0.15) is 10.0 Å². The van der Waals surface area contributed by atoms with Gasteiger partial charge in [-0.1, -0.05) is 31.3 Å². The molecule has 0 amide bonds. The van der Waals surface area contributed by atoms with Gasteiger partial charge in [-0.25, -0.2) is 0 Å². The first-order valence-corrected chi connectivity index (χ1v) is 7.60. The number of hydrogen-bond acceptors (Lipinski definition) is 6. The smallest absolute Gasteiger partial charge is 0.270 e. The van der Waals surface area contributed by atoms with E-state index in [2.05, 4.69) is 29.4 Å². The lowest BCUT2D eigenvalue weighted by atomic mass is 10.1. The van der Waals surface area contributed by atoms with Crippen molar-refractivity contribution in [3.05, 3.63) is 38.9 Å². The molecule has 1 aromatic heterocycles. The molecule has 0 bridgehead atoms. The molecule has 7 heteroatoms. The Balaban J connectivity index is 2.17. The number of hydrogen-bond donors (Lipinski definition) is 1. The van der Waals surface area contributed by atoms with Gasteiger partial charge in [0.25, 0.3) is 5.69 Å². The van der Waals surface area contributed by atoms with Crippen molar-refractivity contribution in [1.29, 1.82) is 0 Å². The van der Waals surface area contributed by atoms with Gasteiger partial charge in [0.2, 0.25) is 0 Å². The SMILES string of the molecule is Cc1ccc([N+](=O)[O-])cc1-c1nnc(CCNC(C)C)s1. The second-order valence-electron chi connectivity index (χ2n) is 5.12. The summed E-state index contributed by atoms with van der Waals surface area (Å²) in [5.74, 6) is 0. The maximum Gasteiger partial charge on any atom is 0.270 e. The molecule has 0 unspecified atom stereocenters. The van der Waals surface area contributed by atoms with Crippen LogP contribution in [0.5, 0.6) is 0 Å². The highest BCUT2D eigenvalue weighted by molar-refractivity contribution is 7.14. The van der Waals surface area contributed by atoms with E-state index in [4.69, 9.17) is 0 Å². The molecule has 0 aliphatic rings. The highest BCUT2D eigenvalue weighted by Gasteiger charge is 2.14. The molecule has 1 aromatic carbocycles. The van der Waals surface area contributed by atoms with Crippen molar-refractivity contribution in [1.82, 2.24) is 15.5 Å². The third-order valence-corrected chi connectivity index (χ3v) is 4.04. The fourth-order valence-corrected chi connectivity index (χ4v) is 2.81. The van der Waals surface area contributed by atoms with E-state index in [0.29, 0.717) is 6.04 Å². The molecule has 0 aliphatic heterocycles. The summed E-state index contributed by atoms with van der Waals surface area (Å²) in [4.78, 5) is 10.5. The zero-order chi connectivity index (χ0) is 15.4. The van der Waals surface area contributed by atoms with Crippen LogP contribution in [0.3, 0.4) is 0 Å². The Hall–Kier alpha value is -1.86. The number of nitro benzene ring substituents is 1. The van der Waals surface area contributed by atoms with E-state index in [1.807, 2.05) is 6.92 Å². The first kappa shape index (κ1) is 15.5. The Morgan fingerprint density at radius 2 is 2.14 bits per heavy atom. The fourth-order valence-electron chi connectivity index (χ4n) is 1.89. The molecule has 0 spiro atoms. The predicted molar refractivity (Wildman–Crippen MR) is 83.6 cm³/mol. The Kier molecular flexibility index (Phi) is 4.98. The van der Waals surface area contributed by atoms with Gasteiger partial charge in [0, 0.05) is 36.7 Å². The van der Waals surface area contributed by atoms with Crippen LogP contribution in [-0.4, -0.2) is 27.7 Å². The second kappa shape index (κ2) is 6.73. The predicted octanol–water partition coefficient (Wildman–Crippen LogP) is 2.96. The third-order valence-electron chi connectivity index (χ3n) is 3.02. The van der Waals surface area contributed by atoms with Gasteiger partial charge in [-0.15, -0.1) is 10.2 Å². The minimum atomic E-state index is -0.391. The average molecular weight is 306 g/mol. The van der Waals surface area contributed by atoms with Crippen LogP contribution in [0.1, 0.15) is 24.4 Å². The van der Waals surface area contributed by atoms with Crippen molar-refractivity contribution in [2.24, 2.45) is 0 Å². The van der Waals surface area contributed by atoms with E-state index in [0.717, 1.165) is 34.1 Å². The first-order chi connectivity index (χ1) is 9.97. The van der Waals surface area contributed by atoms with Crippen LogP contribution in [0.15, 0.2) is 18.2 Å². The number of benzene rings is 1. The van der Waals surface area contributed by atoms with Crippen molar-refractivity contribution in [3.63, 3.8) is 0 Å².